The van der Waals surface area contributed by atoms with Gasteiger partial charge in [-0.25, -0.2) is 4.79 Å². The summed E-state index contributed by atoms with van der Waals surface area (Å²) >= 11 is 0. The molecule has 0 aliphatic heterocycles. The van der Waals surface area contributed by atoms with Crippen LogP contribution in [0.3, 0.4) is 0 Å². The molecule has 0 aliphatic rings. The van der Waals surface area contributed by atoms with Crippen molar-refractivity contribution in [3.05, 3.63) is 0 Å². The number of ether oxygens (including phenoxy) is 2. The number of carbonyl (C=O) groups excluding carboxylic acids is 2. The number of primary amides is 1. The van der Waals surface area contributed by atoms with E-state index in [9.17, 15) is 22.6 Å². The fourth-order valence-electron chi connectivity index (χ4n) is 2.82. The number of rotatable bonds is 16. The van der Waals surface area contributed by atoms with Crippen molar-refractivity contribution >= 4 is 57.7 Å². The zero-order valence-corrected chi connectivity index (χ0v) is 24.2. The van der Waals surface area contributed by atoms with Crippen LogP contribution in [0.1, 0.15) is 85.5 Å². The van der Waals surface area contributed by atoms with Gasteiger partial charge in [-0.15, -0.1) is 0 Å². The maximum absolute atomic E-state index is 12.2. The monoisotopic (exact) mass is 571 g/mol. The Labute approximate surface area is 239 Å². The van der Waals surface area contributed by atoms with Gasteiger partial charge in [-0.05, 0) is 24.7 Å². The van der Waals surface area contributed by atoms with Crippen molar-refractivity contribution < 1.29 is 61.4 Å². The van der Waals surface area contributed by atoms with Gasteiger partial charge >= 0.3 is 47.6 Å². The largest absolute Gasteiger partial charge is 0 e. The molecule has 0 radical (unpaired) electrons. The summed E-state index contributed by atoms with van der Waals surface area (Å²) in [6.45, 7) is 8.35. The van der Waals surface area contributed by atoms with E-state index in [1.807, 2.05) is 13.8 Å². The third kappa shape index (κ3) is 23.5. The predicted octanol–water partition coefficient (Wildman–Crippen LogP) is 3.12. The Kier molecular flexibility index (Phi) is 29.4. The average molecular weight is 573 g/mol. The smallest absolute Gasteiger partial charge is 0 e. The van der Waals surface area contributed by atoms with Crippen molar-refractivity contribution in [3.8, 4) is 0 Å². The van der Waals surface area contributed by atoms with E-state index >= 15 is 0 Å². The Morgan fingerprint density at radius 1 is 0.882 bits per heavy atom. The SMILES string of the molecule is CCCCC(CC)COC(=O)CC(C(=O)OCC(CC)CCCC)S(=O)(=O)O.NC(=O)O.[NaH].[Zn]. The first-order valence-corrected chi connectivity index (χ1v) is 12.7. The van der Waals surface area contributed by atoms with E-state index in [0.29, 0.717) is 0 Å². The Bertz CT molecular complexity index is 646. The van der Waals surface area contributed by atoms with Gasteiger partial charge in [-0.1, -0.05) is 66.2 Å². The van der Waals surface area contributed by atoms with Gasteiger partial charge < -0.3 is 20.3 Å². The van der Waals surface area contributed by atoms with Crippen LogP contribution in [0.25, 0.3) is 0 Å². The molecular formula is C21H42NNaO9SZn. The molecule has 3 unspecified atom stereocenters. The second kappa shape index (κ2) is 24.4. The molecule has 0 bridgehead atoms. The zero-order valence-electron chi connectivity index (χ0n) is 20.5. The Morgan fingerprint density at radius 3 is 1.59 bits per heavy atom. The second-order valence-electron chi connectivity index (χ2n) is 7.69. The quantitative estimate of drug-likeness (QED) is 0.143. The number of carboxylic acid groups (broad SMARTS) is 1. The van der Waals surface area contributed by atoms with Crippen LogP contribution in [0.2, 0.25) is 0 Å². The van der Waals surface area contributed by atoms with Gasteiger partial charge in [-0.3, -0.25) is 14.1 Å². The molecule has 3 atom stereocenters. The first-order chi connectivity index (χ1) is 14.9. The van der Waals surface area contributed by atoms with E-state index in [1.54, 1.807) is 0 Å². The average Bonchev–Trinajstić information content (AvgIpc) is 2.70. The van der Waals surface area contributed by atoms with Crippen molar-refractivity contribution in [3.63, 3.8) is 0 Å². The van der Waals surface area contributed by atoms with E-state index in [-0.39, 0.29) is 74.1 Å². The van der Waals surface area contributed by atoms with Crippen molar-refractivity contribution in [2.24, 2.45) is 17.6 Å². The van der Waals surface area contributed by atoms with Gasteiger partial charge in [0.2, 0.25) is 0 Å². The number of amides is 1. The number of carbonyl (C=O) groups is 3. The van der Waals surface area contributed by atoms with Crippen LogP contribution in [-0.4, -0.2) is 84.1 Å². The molecule has 0 rings (SSSR count). The molecule has 34 heavy (non-hydrogen) atoms. The number of unbranched alkanes of at least 4 members (excludes halogenated alkanes) is 2. The number of nitrogens with two attached hydrogens (primary N) is 1. The standard InChI is InChI=1S/C20H38O7S.CH3NO2.Na.Zn.H/c1-5-9-11-16(7-3)14-26-19(21)13-18(28(23,24)25)20(22)27-15-17(8-4)12-10-6-2;2-1(3)4;;;/h16-18H,5-15H2,1-4H3,(H,23,24,25);2H2,(H,3,4);;;. The molecule has 0 fully saturated rings. The minimum absolute atomic E-state index is 0. The van der Waals surface area contributed by atoms with Crippen LogP contribution < -0.4 is 5.73 Å². The van der Waals surface area contributed by atoms with Gasteiger partial charge in [0.15, 0.2) is 5.25 Å². The molecule has 10 nitrogen and oxygen atoms in total. The van der Waals surface area contributed by atoms with Crippen LogP contribution in [0.15, 0.2) is 0 Å². The first kappa shape index (κ1) is 40.9. The molecular weight excluding hydrogens is 531 g/mol. The van der Waals surface area contributed by atoms with Gasteiger partial charge in [0.1, 0.15) is 0 Å². The molecule has 0 saturated heterocycles. The van der Waals surface area contributed by atoms with E-state index in [2.05, 4.69) is 19.6 Å². The summed E-state index contributed by atoms with van der Waals surface area (Å²) in [7, 11) is -4.76. The molecule has 194 valence electrons. The fraction of sp³-hybridized carbons (Fsp3) is 0.857. The van der Waals surface area contributed by atoms with Crippen molar-refractivity contribution in [2.75, 3.05) is 13.2 Å². The zero-order chi connectivity index (χ0) is 25.2. The first-order valence-electron chi connectivity index (χ1n) is 11.2. The third-order valence-corrected chi connectivity index (χ3v) is 6.08. The van der Waals surface area contributed by atoms with Gasteiger partial charge in [0.25, 0.3) is 10.1 Å². The molecule has 4 N–H and O–H groups in total. The van der Waals surface area contributed by atoms with Crippen LogP contribution in [0, 0.1) is 11.8 Å². The van der Waals surface area contributed by atoms with Gasteiger partial charge in [0, 0.05) is 19.5 Å². The Balaban J connectivity index is -0.000000690. The molecule has 0 aliphatic carbocycles. The molecule has 0 heterocycles. The van der Waals surface area contributed by atoms with Crippen LogP contribution in [-0.2, 0) is 48.7 Å². The topological polar surface area (TPSA) is 170 Å². The summed E-state index contributed by atoms with van der Waals surface area (Å²) in [5.74, 6) is -1.61. The molecule has 0 spiro atoms. The summed E-state index contributed by atoms with van der Waals surface area (Å²) in [4.78, 5) is 33.0. The molecule has 1 amide bonds. The third-order valence-electron chi connectivity index (χ3n) is 5.00. The molecule has 0 aromatic rings. The van der Waals surface area contributed by atoms with Gasteiger partial charge in [-0.2, -0.15) is 8.42 Å². The van der Waals surface area contributed by atoms with Crippen molar-refractivity contribution in [2.45, 2.75) is 90.7 Å². The Hall–Kier alpha value is -0.257. The summed E-state index contributed by atoms with van der Waals surface area (Å²) in [6.07, 6.45) is 5.41. The number of esters is 2. The Morgan fingerprint density at radius 2 is 1.26 bits per heavy atom. The fourth-order valence-corrected chi connectivity index (χ4v) is 3.48. The second-order valence-corrected chi connectivity index (χ2v) is 9.29. The maximum Gasteiger partial charge on any atom is 0 e. The molecule has 0 saturated carbocycles. The van der Waals surface area contributed by atoms with Crippen molar-refractivity contribution in [1.82, 2.24) is 0 Å². The number of hydrogen-bond donors (Lipinski definition) is 3. The number of hydrogen-bond acceptors (Lipinski definition) is 7. The minimum Gasteiger partial charge on any atom is 0 e. The van der Waals surface area contributed by atoms with Crippen LogP contribution >= 0.6 is 0 Å². The van der Waals surface area contributed by atoms with Crippen LogP contribution in [0.4, 0.5) is 4.79 Å². The van der Waals surface area contributed by atoms with E-state index < -0.39 is 39.8 Å². The minimum atomic E-state index is -4.76. The van der Waals surface area contributed by atoms with Crippen LogP contribution in [0.5, 0.6) is 0 Å². The van der Waals surface area contributed by atoms with Gasteiger partial charge in [0.05, 0.1) is 19.6 Å². The summed E-state index contributed by atoms with van der Waals surface area (Å²) < 4.78 is 42.8. The molecule has 0 aromatic carbocycles. The van der Waals surface area contributed by atoms with E-state index in [1.165, 1.54) is 0 Å². The molecule has 13 heteroatoms. The normalized spacial score (nSPS) is 13.0. The summed E-state index contributed by atoms with van der Waals surface area (Å²) in [6, 6.07) is 0. The summed E-state index contributed by atoms with van der Waals surface area (Å²) in [5.41, 5.74) is 4.03. The predicted molar refractivity (Wildman–Crippen MR) is 128 cm³/mol. The van der Waals surface area contributed by atoms with E-state index in [0.717, 1.165) is 51.4 Å². The molecule has 0 aromatic heterocycles. The maximum atomic E-state index is 12.2. The summed E-state index contributed by atoms with van der Waals surface area (Å²) in [5, 5.41) is 5.25. The van der Waals surface area contributed by atoms with E-state index in [4.69, 9.17) is 19.4 Å². The van der Waals surface area contributed by atoms with Crippen molar-refractivity contribution in [1.29, 1.82) is 0 Å².